The molecule has 1 aliphatic heterocycles. The summed E-state index contributed by atoms with van der Waals surface area (Å²) < 4.78 is 5.52. The van der Waals surface area contributed by atoms with Crippen LogP contribution in [-0.2, 0) is 13.0 Å². The molecule has 0 saturated carbocycles. The lowest BCUT2D eigenvalue weighted by atomic mass is 10.0. The highest BCUT2D eigenvalue weighted by Gasteiger charge is 2.20. The highest BCUT2D eigenvalue weighted by Crippen LogP contribution is 2.21. The van der Waals surface area contributed by atoms with Crippen LogP contribution in [0.1, 0.15) is 50.7 Å². The van der Waals surface area contributed by atoms with Gasteiger partial charge in [0.1, 0.15) is 5.75 Å². The Kier molecular flexibility index (Phi) is 8.77. The van der Waals surface area contributed by atoms with E-state index < -0.39 is 0 Å². The zero-order chi connectivity index (χ0) is 22.1. The molecule has 2 amide bonds. The smallest absolute Gasteiger partial charge is 0.322 e. The van der Waals surface area contributed by atoms with Crippen molar-refractivity contribution >= 4 is 11.7 Å². The molecule has 0 aliphatic carbocycles. The van der Waals surface area contributed by atoms with Crippen molar-refractivity contribution in [3.63, 3.8) is 0 Å². The highest BCUT2D eigenvalue weighted by atomic mass is 16.5. The molecule has 1 unspecified atom stereocenters. The van der Waals surface area contributed by atoms with Crippen molar-refractivity contribution in [2.45, 2.75) is 58.5 Å². The van der Waals surface area contributed by atoms with Crippen LogP contribution in [-0.4, -0.2) is 48.6 Å². The maximum atomic E-state index is 13.2. The minimum atomic E-state index is -0.0677. The van der Waals surface area contributed by atoms with Gasteiger partial charge in [-0.25, -0.2) is 4.79 Å². The van der Waals surface area contributed by atoms with Crippen LogP contribution in [0.5, 0.6) is 5.75 Å². The number of anilines is 1. The van der Waals surface area contributed by atoms with Gasteiger partial charge in [0, 0.05) is 30.4 Å². The van der Waals surface area contributed by atoms with Crippen molar-refractivity contribution in [3.8, 4) is 5.75 Å². The standard InChI is InChI=1S/C26H37N3O2/c1-4-22-13-15-24(16-14-22)27-26(30)29(20-23-11-5-6-12-25(23)31-3)19-9-18-28-17-8-7-10-21(28)2/h5-6,11-16,21H,4,7-10,17-20H2,1-3H3,(H,27,30). The van der Waals surface area contributed by atoms with E-state index in [-0.39, 0.29) is 6.03 Å². The number of hydrogen-bond donors (Lipinski definition) is 1. The number of para-hydroxylation sites is 1. The number of rotatable bonds is 9. The number of amides is 2. The molecular formula is C26H37N3O2. The van der Waals surface area contributed by atoms with Crippen LogP contribution in [0.3, 0.4) is 0 Å². The zero-order valence-electron chi connectivity index (χ0n) is 19.3. The predicted octanol–water partition coefficient (Wildman–Crippen LogP) is 5.56. The van der Waals surface area contributed by atoms with E-state index in [2.05, 4.69) is 36.2 Å². The number of ether oxygens (including phenoxy) is 1. The van der Waals surface area contributed by atoms with Crippen LogP contribution in [0.15, 0.2) is 48.5 Å². The van der Waals surface area contributed by atoms with Crippen molar-refractivity contribution in [2.24, 2.45) is 0 Å². The molecule has 2 aromatic carbocycles. The molecule has 1 aliphatic rings. The highest BCUT2D eigenvalue weighted by molar-refractivity contribution is 5.89. The quantitative estimate of drug-likeness (QED) is 0.575. The number of methoxy groups -OCH3 is 1. The number of carbonyl (C=O) groups excluding carboxylic acids is 1. The molecule has 1 N–H and O–H groups in total. The number of benzene rings is 2. The third kappa shape index (κ3) is 6.73. The summed E-state index contributed by atoms with van der Waals surface area (Å²) in [5.74, 6) is 0.817. The molecule has 2 aromatic rings. The van der Waals surface area contributed by atoms with E-state index in [1.54, 1.807) is 7.11 Å². The van der Waals surface area contributed by atoms with Crippen LogP contribution in [0.4, 0.5) is 10.5 Å². The first-order chi connectivity index (χ1) is 15.1. The van der Waals surface area contributed by atoms with Crippen LogP contribution >= 0.6 is 0 Å². The second-order valence-electron chi connectivity index (χ2n) is 8.45. The fraction of sp³-hybridized carbons (Fsp3) is 0.500. The van der Waals surface area contributed by atoms with Gasteiger partial charge in [-0.15, -0.1) is 0 Å². The van der Waals surface area contributed by atoms with Crippen LogP contribution < -0.4 is 10.1 Å². The van der Waals surface area contributed by atoms with Gasteiger partial charge in [0.2, 0.25) is 0 Å². The van der Waals surface area contributed by atoms with E-state index in [0.29, 0.717) is 19.1 Å². The first-order valence-electron chi connectivity index (χ1n) is 11.6. The number of piperidine rings is 1. The van der Waals surface area contributed by atoms with E-state index in [1.807, 2.05) is 41.3 Å². The second kappa shape index (κ2) is 11.8. The lowest BCUT2D eigenvalue weighted by molar-refractivity contribution is 0.150. The van der Waals surface area contributed by atoms with Crippen LogP contribution in [0.2, 0.25) is 0 Å². The first kappa shape index (κ1) is 23.1. The van der Waals surface area contributed by atoms with Gasteiger partial charge in [0.15, 0.2) is 0 Å². The van der Waals surface area contributed by atoms with E-state index in [1.165, 1.54) is 31.4 Å². The average molecular weight is 424 g/mol. The molecule has 0 aromatic heterocycles. The normalized spacial score (nSPS) is 16.7. The third-order valence-corrected chi connectivity index (χ3v) is 6.27. The number of nitrogens with zero attached hydrogens (tertiary/aromatic N) is 2. The Bertz CT molecular complexity index is 822. The Balaban J connectivity index is 1.66. The minimum Gasteiger partial charge on any atom is -0.496 e. The van der Waals surface area contributed by atoms with Gasteiger partial charge >= 0.3 is 6.03 Å². The third-order valence-electron chi connectivity index (χ3n) is 6.27. The summed E-state index contributed by atoms with van der Waals surface area (Å²) in [6.45, 7) is 7.88. The number of nitrogens with one attached hydrogen (secondary N) is 1. The fourth-order valence-corrected chi connectivity index (χ4v) is 4.27. The number of aryl methyl sites for hydroxylation is 1. The SMILES string of the molecule is CCc1ccc(NC(=O)N(CCCN2CCCCC2C)Cc2ccccc2OC)cc1. The molecule has 31 heavy (non-hydrogen) atoms. The Morgan fingerprint density at radius 2 is 1.94 bits per heavy atom. The molecular weight excluding hydrogens is 386 g/mol. The Labute approximate surface area is 187 Å². The molecule has 5 nitrogen and oxygen atoms in total. The number of likely N-dealkylation sites (tertiary alicyclic amines) is 1. The number of hydrogen-bond acceptors (Lipinski definition) is 3. The van der Waals surface area contributed by atoms with Gasteiger partial charge in [-0.3, -0.25) is 0 Å². The Hall–Kier alpha value is -2.53. The molecule has 3 rings (SSSR count). The van der Waals surface area contributed by atoms with Gasteiger partial charge < -0.3 is 19.9 Å². The molecule has 0 spiro atoms. The summed E-state index contributed by atoms with van der Waals surface area (Å²) in [5.41, 5.74) is 3.12. The second-order valence-corrected chi connectivity index (χ2v) is 8.45. The van der Waals surface area contributed by atoms with Gasteiger partial charge in [-0.05, 0) is 62.9 Å². The molecule has 5 heteroatoms. The van der Waals surface area contributed by atoms with E-state index in [9.17, 15) is 4.79 Å². The summed E-state index contributed by atoms with van der Waals surface area (Å²) in [5, 5.41) is 3.08. The van der Waals surface area contributed by atoms with E-state index in [4.69, 9.17) is 4.74 Å². The van der Waals surface area contributed by atoms with Gasteiger partial charge in [0.25, 0.3) is 0 Å². The minimum absolute atomic E-state index is 0.0677. The molecule has 1 saturated heterocycles. The van der Waals surface area contributed by atoms with Gasteiger partial charge in [-0.1, -0.05) is 43.7 Å². The summed E-state index contributed by atoms with van der Waals surface area (Å²) >= 11 is 0. The lowest BCUT2D eigenvalue weighted by Crippen LogP contribution is -2.40. The van der Waals surface area contributed by atoms with Crippen molar-refractivity contribution in [2.75, 3.05) is 32.1 Å². The summed E-state index contributed by atoms with van der Waals surface area (Å²) in [4.78, 5) is 17.6. The number of carbonyl (C=O) groups is 1. The maximum Gasteiger partial charge on any atom is 0.322 e. The van der Waals surface area contributed by atoms with Crippen LogP contribution in [0, 0.1) is 0 Å². The van der Waals surface area contributed by atoms with Gasteiger partial charge in [0.05, 0.1) is 13.7 Å². The van der Waals surface area contributed by atoms with E-state index >= 15 is 0 Å². The van der Waals surface area contributed by atoms with Crippen molar-refractivity contribution in [3.05, 3.63) is 59.7 Å². The predicted molar refractivity (Wildman–Crippen MR) is 128 cm³/mol. The summed E-state index contributed by atoms with van der Waals surface area (Å²) in [6, 6.07) is 16.6. The summed E-state index contributed by atoms with van der Waals surface area (Å²) in [6.07, 6.45) is 5.84. The fourth-order valence-electron chi connectivity index (χ4n) is 4.27. The molecule has 0 bridgehead atoms. The largest absolute Gasteiger partial charge is 0.496 e. The molecule has 1 atom stereocenters. The van der Waals surface area contributed by atoms with E-state index in [0.717, 1.165) is 36.4 Å². The monoisotopic (exact) mass is 423 g/mol. The average Bonchev–Trinajstić information content (AvgIpc) is 2.80. The van der Waals surface area contributed by atoms with Crippen LogP contribution in [0.25, 0.3) is 0 Å². The Morgan fingerprint density at radius 1 is 1.16 bits per heavy atom. The first-order valence-corrected chi connectivity index (χ1v) is 11.6. The lowest BCUT2D eigenvalue weighted by Gasteiger charge is -2.34. The number of urea groups is 1. The molecule has 1 heterocycles. The van der Waals surface area contributed by atoms with Gasteiger partial charge in [-0.2, -0.15) is 0 Å². The van der Waals surface area contributed by atoms with Crippen molar-refractivity contribution in [1.82, 2.24) is 9.80 Å². The molecule has 0 radical (unpaired) electrons. The van der Waals surface area contributed by atoms with Crippen molar-refractivity contribution in [1.29, 1.82) is 0 Å². The van der Waals surface area contributed by atoms with Crippen molar-refractivity contribution < 1.29 is 9.53 Å². The Morgan fingerprint density at radius 3 is 2.65 bits per heavy atom. The molecule has 1 fully saturated rings. The summed E-state index contributed by atoms with van der Waals surface area (Å²) in [7, 11) is 1.68. The topological polar surface area (TPSA) is 44.8 Å². The molecule has 168 valence electrons. The maximum absolute atomic E-state index is 13.2. The zero-order valence-corrected chi connectivity index (χ0v) is 19.3.